The summed E-state index contributed by atoms with van der Waals surface area (Å²) in [5, 5.41) is 0.653. The quantitative estimate of drug-likeness (QED) is 0.315. The summed E-state index contributed by atoms with van der Waals surface area (Å²) in [4.78, 5) is 20.9. The van der Waals surface area contributed by atoms with Gasteiger partial charge in [-0.3, -0.25) is 0 Å². The molecule has 0 aliphatic heterocycles. The first kappa shape index (κ1) is 21.6. The van der Waals surface area contributed by atoms with E-state index in [4.69, 9.17) is 0 Å². The SMILES string of the molecule is C=CC(F)(F)Cn1c(-c2nc3cc(C(=O)OC)cc(F)c3n2C)cc2ccc(CC)nc21. The number of fused-ring (bicyclic) bond motifs is 2. The van der Waals surface area contributed by atoms with Crippen LogP contribution in [-0.2, 0) is 24.8 Å². The second kappa shape index (κ2) is 7.81. The summed E-state index contributed by atoms with van der Waals surface area (Å²) in [5.74, 6) is -4.31. The molecule has 0 saturated carbocycles. The summed E-state index contributed by atoms with van der Waals surface area (Å²) in [6.45, 7) is 4.45. The molecule has 0 atom stereocenters. The van der Waals surface area contributed by atoms with E-state index in [9.17, 15) is 18.0 Å². The zero-order valence-electron chi connectivity index (χ0n) is 17.8. The van der Waals surface area contributed by atoms with Crippen molar-refractivity contribution in [3.05, 3.63) is 60.1 Å². The van der Waals surface area contributed by atoms with Crippen LogP contribution in [0.3, 0.4) is 0 Å². The molecule has 166 valence electrons. The number of nitrogens with zero attached hydrogens (tertiary/aromatic N) is 4. The summed E-state index contributed by atoms with van der Waals surface area (Å²) < 4.78 is 51.1. The second-order valence-corrected chi connectivity index (χ2v) is 7.46. The maximum Gasteiger partial charge on any atom is 0.338 e. The van der Waals surface area contributed by atoms with Gasteiger partial charge in [-0.1, -0.05) is 13.5 Å². The van der Waals surface area contributed by atoms with Crippen LogP contribution in [0.4, 0.5) is 13.2 Å². The summed E-state index contributed by atoms with van der Waals surface area (Å²) in [6.07, 6.45) is 1.23. The fourth-order valence-corrected chi connectivity index (χ4v) is 3.75. The smallest absolute Gasteiger partial charge is 0.338 e. The van der Waals surface area contributed by atoms with Gasteiger partial charge in [0.2, 0.25) is 0 Å². The molecule has 3 aromatic heterocycles. The molecular weight excluding hydrogens is 421 g/mol. The van der Waals surface area contributed by atoms with Gasteiger partial charge in [0.15, 0.2) is 5.82 Å². The standard InChI is InChI=1S/C23H21F3N4O2/c1-5-15-8-7-13-11-18(30(20(13)27-15)12-23(25,26)6-2)21-28-17-10-14(22(31)32-4)9-16(24)19(17)29(21)3/h6-11H,2,5,12H2,1,3-4H3. The minimum Gasteiger partial charge on any atom is -0.465 e. The predicted octanol–water partition coefficient (Wildman–Crippen LogP) is 4.90. The van der Waals surface area contributed by atoms with E-state index in [0.717, 1.165) is 11.8 Å². The maximum atomic E-state index is 14.8. The summed E-state index contributed by atoms with van der Waals surface area (Å²) >= 11 is 0. The van der Waals surface area contributed by atoms with Crippen LogP contribution in [0.5, 0.6) is 0 Å². The van der Waals surface area contributed by atoms with Gasteiger partial charge in [-0.25, -0.2) is 27.9 Å². The Labute approximate surface area is 181 Å². The lowest BCUT2D eigenvalue weighted by molar-refractivity contribution is 0.0379. The fourth-order valence-electron chi connectivity index (χ4n) is 3.75. The van der Waals surface area contributed by atoms with E-state index < -0.39 is 24.3 Å². The first-order valence-corrected chi connectivity index (χ1v) is 9.94. The highest BCUT2D eigenvalue weighted by atomic mass is 19.3. The van der Waals surface area contributed by atoms with Crippen molar-refractivity contribution in [1.82, 2.24) is 19.1 Å². The largest absolute Gasteiger partial charge is 0.465 e. The molecule has 4 rings (SSSR count). The number of hydrogen-bond donors (Lipinski definition) is 0. The average Bonchev–Trinajstić information content (AvgIpc) is 3.29. The van der Waals surface area contributed by atoms with E-state index >= 15 is 0 Å². The molecule has 9 heteroatoms. The molecule has 6 nitrogen and oxygen atoms in total. The number of ether oxygens (including phenoxy) is 1. The lowest BCUT2D eigenvalue weighted by Crippen LogP contribution is -2.22. The van der Waals surface area contributed by atoms with E-state index in [1.807, 2.05) is 19.1 Å². The van der Waals surface area contributed by atoms with E-state index in [1.165, 1.54) is 22.3 Å². The van der Waals surface area contributed by atoms with Crippen molar-refractivity contribution in [1.29, 1.82) is 0 Å². The van der Waals surface area contributed by atoms with E-state index in [-0.39, 0.29) is 22.4 Å². The van der Waals surface area contributed by atoms with E-state index in [2.05, 4.69) is 21.3 Å². The number of imidazole rings is 1. The number of aryl methyl sites for hydroxylation is 2. The number of alkyl halides is 2. The van der Waals surface area contributed by atoms with Crippen molar-refractivity contribution in [3.8, 4) is 11.5 Å². The van der Waals surface area contributed by atoms with Gasteiger partial charge >= 0.3 is 5.97 Å². The number of allylic oxidation sites excluding steroid dienone is 1. The van der Waals surface area contributed by atoms with Gasteiger partial charge < -0.3 is 13.9 Å². The molecule has 32 heavy (non-hydrogen) atoms. The minimum atomic E-state index is -3.20. The van der Waals surface area contributed by atoms with Crippen LogP contribution in [0.25, 0.3) is 33.6 Å². The van der Waals surface area contributed by atoms with E-state index in [0.29, 0.717) is 29.2 Å². The predicted molar refractivity (Wildman–Crippen MR) is 115 cm³/mol. The Bertz CT molecular complexity index is 1370. The third kappa shape index (κ3) is 3.53. The molecule has 1 aromatic carbocycles. The van der Waals surface area contributed by atoms with Gasteiger partial charge in [0.05, 0.1) is 30.4 Å². The number of hydrogen-bond acceptors (Lipinski definition) is 4. The van der Waals surface area contributed by atoms with Crippen LogP contribution in [0.2, 0.25) is 0 Å². The minimum absolute atomic E-state index is 0.00939. The summed E-state index contributed by atoms with van der Waals surface area (Å²) in [7, 11) is 2.79. The molecule has 0 fully saturated rings. The number of pyridine rings is 1. The second-order valence-electron chi connectivity index (χ2n) is 7.46. The van der Waals surface area contributed by atoms with Gasteiger partial charge in [0, 0.05) is 18.1 Å². The number of esters is 1. The lowest BCUT2D eigenvalue weighted by atomic mass is 10.2. The first-order valence-electron chi connectivity index (χ1n) is 9.94. The molecule has 0 bridgehead atoms. The average molecular weight is 442 g/mol. The molecule has 0 N–H and O–H groups in total. The molecule has 0 saturated heterocycles. The maximum absolute atomic E-state index is 14.8. The molecule has 0 amide bonds. The number of benzene rings is 1. The Kier molecular flexibility index (Phi) is 5.28. The highest BCUT2D eigenvalue weighted by molar-refractivity contribution is 5.95. The van der Waals surface area contributed by atoms with Crippen LogP contribution < -0.4 is 0 Å². The molecule has 3 heterocycles. The van der Waals surface area contributed by atoms with Gasteiger partial charge in [-0.05, 0) is 42.8 Å². The van der Waals surface area contributed by atoms with Crippen LogP contribution >= 0.6 is 0 Å². The van der Waals surface area contributed by atoms with Gasteiger partial charge in [0.25, 0.3) is 5.92 Å². The number of carbonyl (C=O) groups is 1. The Morgan fingerprint density at radius 1 is 1.25 bits per heavy atom. The highest BCUT2D eigenvalue weighted by Crippen LogP contribution is 2.33. The molecular formula is C23H21F3N4O2. The molecule has 0 radical (unpaired) electrons. The molecule has 0 unspecified atom stereocenters. The van der Waals surface area contributed by atoms with Crippen molar-refractivity contribution < 1.29 is 22.7 Å². The normalized spacial score (nSPS) is 11.9. The van der Waals surface area contributed by atoms with Gasteiger partial charge in [-0.15, -0.1) is 0 Å². The molecule has 0 aliphatic carbocycles. The number of methoxy groups -OCH3 is 1. The molecule has 0 aliphatic rings. The summed E-state index contributed by atoms with van der Waals surface area (Å²) in [5.41, 5.74) is 1.84. The number of aromatic nitrogens is 4. The summed E-state index contributed by atoms with van der Waals surface area (Å²) in [6, 6.07) is 7.81. The Hall–Kier alpha value is -3.62. The van der Waals surface area contributed by atoms with Crippen LogP contribution in [-0.4, -0.2) is 38.1 Å². The van der Waals surface area contributed by atoms with Gasteiger partial charge in [0.1, 0.15) is 17.0 Å². The van der Waals surface area contributed by atoms with Crippen LogP contribution in [0.1, 0.15) is 23.0 Å². The molecule has 4 aromatic rings. The monoisotopic (exact) mass is 442 g/mol. The van der Waals surface area contributed by atoms with Crippen LogP contribution in [0, 0.1) is 5.82 Å². The van der Waals surface area contributed by atoms with Crippen molar-refractivity contribution >= 4 is 28.0 Å². The topological polar surface area (TPSA) is 61.9 Å². The lowest BCUT2D eigenvalue weighted by Gasteiger charge is -2.16. The zero-order valence-corrected chi connectivity index (χ0v) is 17.8. The number of halogens is 3. The van der Waals surface area contributed by atoms with Crippen LogP contribution in [0.15, 0.2) is 43.0 Å². The Morgan fingerprint density at radius 3 is 2.66 bits per heavy atom. The zero-order chi connectivity index (χ0) is 23.2. The third-order valence-electron chi connectivity index (χ3n) is 5.40. The fraction of sp³-hybridized carbons (Fsp3) is 0.261. The van der Waals surface area contributed by atoms with E-state index in [1.54, 1.807) is 13.1 Å². The van der Waals surface area contributed by atoms with Crippen molar-refractivity contribution in [2.45, 2.75) is 25.8 Å². The van der Waals surface area contributed by atoms with Crippen molar-refractivity contribution in [3.63, 3.8) is 0 Å². The van der Waals surface area contributed by atoms with Crippen molar-refractivity contribution in [2.24, 2.45) is 7.05 Å². The molecule has 0 spiro atoms. The first-order chi connectivity index (χ1) is 15.2. The number of rotatable bonds is 6. The number of carbonyl (C=O) groups excluding carboxylic acids is 1. The Morgan fingerprint density at radius 2 is 2.00 bits per heavy atom. The Balaban J connectivity index is 2.00. The van der Waals surface area contributed by atoms with Crippen molar-refractivity contribution in [2.75, 3.05) is 7.11 Å². The third-order valence-corrected chi connectivity index (χ3v) is 5.40. The highest BCUT2D eigenvalue weighted by Gasteiger charge is 2.29. The van der Waals surface area contributed by atoms with Gasteiger partial charge in [-0.2, -0.15) is 0 Å².